The van der Waals surface area contributed by atoms with E-state index in [0.717, 1.165) is 12.8 Å². The van der Waals surface area contributed by atoms with E-state index < -0.39 is 0 Å². The van der Waals surface area contributed by atoms with Gasteiger partial charge in [-0.1, -0.05) is 42.5 Å². The molecular weight excluding hydrogens is 278 g/mol. The summed E-state index contributed by atoms with van der Waals surface area (Å²) in [6.07, 6.45) is 1.27. The first-order chi connectivity index (χ1) is 10.7. The van der Waals surface area contributed by atoms with Gasteiger partial charge in [0.15, 0.2) is 5.78 Å². The third-order valence-corrected chi connectivity index (χ3v) is 3.65. The molecule has 0 bridgehead atoms. The molecule has 22 heavy (non-hydrogen) atoms. The number of amides is 1. The van der Waals surface area contributed by atoms with Crippen LogP contribution in [0, 0.1) is 0 Å². The molecule has 1 aliphatic heterocycles. The summed E-state index contributed by atoms with van der Waals surface area (Å²) in [5.74, 6) is -0.212. The van der Waals surface area contributed by atoms with Gasteiger partial charge in [-0.15, -0.1) is 0 Å². The average molecular weight is 295 g/mol. The molecule has 1 aliphatic rings. The Morgan fingerprint density at radius 1 is 1.00 bits per heavy atom. The zero-order chi connectivity index (χ0) is 15.4. The van der Waals surface area contributed by atoms with Crippen LogP contribution in [0.4, 0.5) is 5.69 Å². The third-order valence-electron chi connectivity index (χ3n) is 3.65. The predicted molar refractivity (Wildman–Crippen MR) is 83.9 cm³/mol. The van der Waals surface area contributed by atoms with Gasteiger partial charge in [-0.2, -0.15) is 0 Å². The second-order valence-corrected chi connectivity index (χ2v) is 5.27. The van der Waals surface area contributed by atoms with Crippen LogP contribution in [-0.2, 0) is 9.53 Å². The first kappa shape index (κ1) is 14.5. The molecule has 1 fully saturated rings. The second-order valence-electron chi connectivity index (χ2n) is 5.27. The van der Waals surface area contributed by atoms with Gasteiger partial charge < -0.3 is 10.1 Å². The van der Waals surface area contributed by atoms with Crippen molar-refractivity contribution < 1.29 is 14.3 Å². The third kappa shape index (κ3) is 3.23. The van der Waals surface area contributed by atoms with Gasteiger partial charge >= 0.3 is 0 Å². The van der Waals surface area contributed by atoms with E-state index in [0.29, 0.717) is 23.4 Å². The zero-order valence-electron chi connectivity index (χ0n) is 12.1. The molecule has 1 amide bonds. The normalized spacial score (nSPS) is 17.2. The SMILES string of the molecule is O=C(c1ccccc1)c1cccc(NC(=O)[C@H]2CCCO2)c1. The topological polar surface area (TPSA) is 55.4 Å². The Morgan fingerprint density at radius 3 is 2.50 bits per heavy atom. The molecule has 2 aromatic carbocycles. The molecule has 0 unspecified atom stereocenters. The van der Waals surface area contributed by atoms with Crippen molar-refractivity contribution in [2.45, 2.75) is 18.9 Å². The van der Waals surface area contributed by atoms with Crippen molar-refractivity contribution in [3.63, 3.8) is 0 Å². The minimum absolute atomic E-state index is 0.0613. The minimum atomic E-state index is -0.381. The molecule has 2 aromatic rings. The van der Waals surface area contributed by atoms with Crippen molar-refractivity contribution in [3.05, 3.63) is 65.7 Å². The van der Waals surface area contributed by atoms with E-state index in [4.69, 9.17) is 4.74 Å². The summed E-state index contributed by atoms with van der Waals surface area (Å²) in [5.41, 5.74) is 1.80. The summed E-state index contributed by atoms with van der Waals surface area (Å²) in [4.78, 5) is 24.4. The first-order valence-electron chi connectivity index (χ1n) is 7.36. The lowest BCUT2D eigenvalue weighted by Crippen LogP contribution is -2.26. The van der Waals surface area contributed by atoms with Gasteiger partial charge in [0.1, 0.15) is 6.10 Å². The Labute approximate surface area is 129 Å². The number of ketones is 1. The molecular formula is C18H17NO3. The monoisotopic (exact) mass is 295 g/mol. The van der Waals surface area contributed by atoms with Crippen molar-refractivity contribution in [2.24, 2.45) is 0 Å². The molecule has 1 N–H and O–H groups in total. The van der Waals surface area contributed by atoms with Crippen molar-refractivity contribution in [1.82, 2.24) is 0 Å². The molecule has 1 heterocycles. The summed E-state index contributed by atoms with van der Waals surface area (Å²) in [6.45, 7) is 0.630. The lowest BCUT2D eigenvalue weighted by molar-refractivity contribution is -0.124. The van der Waals surface area contributed by atoms with Crippen molar-refractivity contribution in [2.75, 3.05) is 11.9 Å². The standard InChI is InChI=1S/C18H17NO3/c20-17(13-6-2-1-3-7-13)14-8-4-9-15(12-14)19-18(21)16-10-5-11-22-16/h1-4,6-9,12,16H,5,10-11H2,(H,19,21)/t16-/m1/s1. The van der Waals surface area contributed by atoms with Gasteiger partial charge in [0, 0.05) is 23.4 Å². The lowest BCUT2D eigenvalue weighted by atomic mass is 10.0. The van der Waals surface area contributed by atoms with Crippen molar-refractivity contribution in [3.8, 4) is 0 Å². The van der Waals surface area contributed by atoms with E-state index >= 15 is 0 Å². The Balaban J connectivity index is 1.75. The molecule has 112 valence electrons. The van der Waals surface area contributed by atoms with Crippen LogP contribution in [0.3, 0.4) is 0 Å². The zero-order valence-corrected chi connectivity index (χ0v) is 12.1. The van der Waals surface area contributed by atoms with Gasteiger partial charge in [-0.25, -0.2) is 0 Å². The molecule has 0 spiro atoms. The van der Waals surface area contributed by atoms with Crippen LogP contribution in [0.5, 0.6) is 0 Å². The minimum Gasteiger partial charge on any atom is -0.368 e. The number of ether oxygens (including phenoxy) is 1. The fourth-order valence-electron chi connectivity index (χ4n) is 2.50. The van der Waals surface area contributed by atoms with Gasteiger partial charge in [-0.3, -0.25) is 9.59 Å². The number of carbonyl (C=O) groups is 2. The van der Waals surface area contributed by atoms with Crippen LogP contribution < -0.4 is 5.32 Å². The van der Waals surface area contributed by atoms with Gasteiger partial charge in [0.25, 0.3) is 5.91 Å². The van der Waals surface area contributed by atoms with Crippen LogP contribution in [0.2, 0.25) is 0 Å². The van der Waals surface area contributed by atoms with E-state index in [2.05, 4.69) is 5.32 Å². The summed E-state index contributed by atoms with van der Waals surface area (Å²) in [5, 5.41) is 2.81. The number of benzene rings is 2. The highest BCUT2D eigenvalue weighted by Gasteiger charge is 2.23. The van der Waals surface area contributed by atoms with E-state index in [1.807, 2.05) is 18.2 Å². The fourth-order valence-corrected chi connectivity index (χ4v) is 2.50. The molecule has 1 saturated heterocycles. The number of nitrogens with one attached hydrogen (secondary N) is 1. The van der Waals surface area contributed by atoms with Crippen molar-refractivity contribution in [1.29, 1.82) is 0 Å². The highest BCUT2D eigenvalue weighted by molar-refractivity contribution is 6.09. The number of hydrogen-bond donors (Lipinski definition) is 1. The molecule has 1 atom stereocenters. The maximum absolute atomic E-state index is 12.4. The molecule has 0 aliphatic carbocycles. The molecule has 0 aromatic heterocycles. The van der Waals surface area contributed by atoms with E-state index in [1.54, 1.807) is 36.4 Å². The summed E-state index contributed by atoms with van der Waals surface area (Å²) >= 11 is 0. The Hall–Kier alpha value is -2.46. The van der Waals surface area contributed by atoms with E-state index in [1.165, 1.54) is 0 Å². The second kappa shape index (κ2) is 6.54. The Morgan fingerprint density at radius 2 is 1.77 bits per heavy atom. The smallest absolute Gasteiger partial charge is 0.253 e. The molecule has 0 radical (unpaired) electrons. The van der Waals surface area contributed by atoms with Crippen LogP contribution >= 0.6 is 0 Å². The maximum atomic E-state index is 12.4. The predicted octanol–water partition coefficient (Wildman–Crippen LogP) is 3.04. The fraction of sp³-hybridized carbons (Fsp3) is 0.222. The van der Waals surface area contributed by atoms with Crippen LogP contribution in [0.1, 0.15) is 28.8 Å². The Bertz CT molecular complexity index is 676. The van der Waals surface area contributed by atoms with E-state index in [9.17, 15) is 9.59 Å². The number of anilines is 1. The van der Waals surface area contributed by atoms with Gasteiger partial charge in [0.05, 0.1) is 0 Å². The van der Waals surface area contributed by atoms with Crippen LogP contribution in [-0.4, -0.2) is 24.4 Å². The van der Waals surface area contributed by atoms with Crippen LogP contribution in [0.15, 0.2) is 54.6 Å². The summed E-state index contributed by atoms with van der Waals surface area (Å²) < 4.78 is 5.35. The van der Waals surface area contributed by atoms with Gasteiger partial charge in [-0.05, 0) is 25.0 Å². The van der Waals surface area contributed by atoms with Crippen LogP contribution in [0.25, 0.3) is 0 Å². The largest absolute Gasteiger partial charge is 0.368 e. The van der Waals surface area contributed by atoms with Gasteiger partial charge in [0.2, 0.25) is 0 Å². The van der Waals surface area contributed by atoms with E-state index in [-0.39, 0.29) is 17.8 Å². The number of rotatable bonds is 4. The highest BCUT2D eigenvalue weighted by Crippen LogP contribution is 2.18. The quantitative estimate of drug-likeness (QED) is 0.882. The average Bonchev–Trinajstić information content (AvgIpc) is 3.10. The lowest BCUT2D eigenvalue weighted by Gasteiger charge is -2.11. The summed E-state index contributed by atoms with van der Waals surface area (Å²) in [6, 6.07) is 16.1. The molecule has 3 rings (SSSR count). The number of carbonyl (C=O) groups excluding carboxylic acids is 2. The Kier molecular flexibility index (Phi) is 4.30. The molecule has 0 saturated carbocycles. The first-order valence-corrected chi connectivity index (χ1v) is 7.36. The molecule has 4 nitrogen and oxygen atoms in total. The highest BCUT2D eigenvalue weighted by atomic mass is 16.5. The number of hydrogen-bond acceptors (Lipinski definition) is 3. The maximum Gasteiger partial charge on any atom is 0.253 e. The summed E-state index contributed by atoms with van der Waals surface area (Å²) in [7, 11) is 0. The molecule has 4 heteroatoms. The van der Waals surface area contributed by atoms with Crippen molar-refractivity contribution >= 4 is 17.4 Å².